The largest absolute Gasteiger partial charge is 0.390 e. The van der Waals surface area contributed by atoms with Gasteiger partial charge in [0.05, 0.1) is 35.9 Å². The van der Waals surface area contributed by atoms with E-state index < -0.39 is 0 Å². The Morgan fingerprint density at radius 3 is 2.71 bits per heavy atom. The maximum Gasteiger partial charge on any atom is 0.256 e. The van der Waals surface area contributed by atoms with E-state index >= 15 is 0 Å². The predicted molar refractivity (Wildman–Crippen MR) is 116 cm³/mol. The number of nitrogens with zero attached hydrogens (tertiary/aromatic N) is 5. The van der Waals surface area contributed by atoms with Crippen LogP contribution in [0.5, 0.6) is 0 Å². The second kappa shape index (κ2) is 9.11. The first-order chi connectivity index (χ1) is 15.0. The third-order valence-electron chi connectivity index (χ3n) is 5.57. The van der Waals surface area contributed by atoms with Crippen LogP contribution in [-0.4, -0.2) is 48.5 Å². The average Bonchev–Trinajstić information content (AvgIpc) is 3.33. The second-order valence-electron chi connectivity index (χ2n) is 7.89. The summed E-state index contributed by atoms with van der Waals surface area (Å²) in [6.45, 7) is 4.55. The molecule has 0 aliphatic carbocycles. The van der Waals surface area contributed by atoms with Crippen LogP contribution in [0, 0.1) is 24.7 Å². The summed E-state index contributed by atoms with van der Waals surface area (Å²) in [6.07, 6.45) is 6.72. The van der Waals surface area contributed by atoms with Crippen molar-refractivity contribution in [1.82, 2.24) is 24.9 Å². The molecule has 3 heterocycles. The van der Waals surface area contributed by atoms with E-state index in [4.69, 9.17) is 5.11 Å². The lowest BCUT2D eigenvalue weighted by molar-refractivity contribution is 0.0598. The number of aromatic nitrogens is 4. The summed E-state index contributed by atoms with van der Waals surface area (Å²) >= 11 is 0. The lowest BCUT2D eigenvalue weighted by Crippen LogP contribution is -2.45. The minimum absolute atomic E-state index is 0.0241. The van der Waals surface area contributed by atoms with Crippen LogP contribution in [0.2, 0.25) is 0 Å². The number of benzene rings is 1. The molecule has 0 radical (unpaired) electrons. The SMILES string of the molecule is Cc1ccc(-n2nccn2)c(C(=O)N2C[C@H](C#Cc3ccc(CO)nc3)CC[C@H]2C)c1. The zero-order valence-corrected chi connectivity index (χ0v) is 17.7. The van der Waals surface area contributed by atoms with E-state index in [1.165, 1.54) is 4.80 Å². The second-order valence-corrected chi connectivity index (χ2v) is 7.89. The first kappa shape index (κ1) is 20.8. The molecule has 1 aliphatic rings. The zero-order valence-electron chi connectivity index (χ0n) is 17.7. The number of piperidine rings is 1. The van der Waals surface area contributed by atoms with E-state index in [1.807, 2.05) is 36.1 Å². The molecule has 158 valence electrons. The van der Waals surface area contributed by atoms with E-state index in [0.29, 0.717) is 23.5 Å². The molecule has 1 saturated heterocycles. The Morgan fingerprint density at radius 1 is 1.19 bits per heavy atom. The Kier molecular flexibility index (Phi) is 6.10. The van der Waals surface area contributed by atoms with Gasteiger partial charge in [-0.1, -0.05) is 23.5 Å². The van der Waals surface area contributed by atoms with Crippen molar-refractivity contribution in [3.05, 3.63) is 71.3 Å². The number of likely N-dealkylation sites (tertiary alicyclic amines) is 1. The molecule has 2 aromatic heterocycles. The monoisotopic (exact) mass is 415 g/mol. The fraction of sp³-hybridized carbons (Fsp3) is 0.333. The molecule has 0 unspecified atom stereocenters. The highest BCUT2D eigenvalue weighted by Crippen LogP contribution is 2.26. The van der Waals surface area contributed by atoms with E-state index in [1.54, 1.807) is 24.7 Å². The molecule has 1 N–H and O–H groups in total. The Bertz CT molecular complexity index is 1110. The maximum atomic E-state index is 13.5. The number of carbonyl (C=O) groups is 1. The summed E-state index contributed by atoms with van der Waals surface area (Å²) in [6, 6.07) is 9.51. The maximum absolute atomic E-state index is 13.5. The first-order valence-corrected chi connectivity index (χ1v) is 10.4. The molecule has 7 nitrogen and oxygen atoms in total. The fourth-order valence-corrected chi connectivity index (χ4v) is 3.78. The van der Waals surface area contributed by atoms with E-state index in [2.05, 4.69) is 33.9 Å². The van der Waals surface area contributed by atoms with Crippen molar-refractivity contribution in [2.75, 3.05) is 6.54 Å². The van der Waals surface area contributed by atoms with Gasteiger partial charge in [0.25, 0.3) is 5.91 Å². The quantitative estimate of drug-likeness (QED) is 0.665. The predicted octanol–water partition coefficient (Wildman–Crippen LogP) is 2.76. The highest BCUT2D eigenvalue weighted by Gasteiger charge is 2.30. The molecule has 2 atom stereocenters. The molecule has 7 heteroatoms. The van der Waals surface area contributed by atoms with Crippen LogP contribution in [0.1, 0.15) is 46.9 Å². The number of pyridine rings is 1. The van der Waals surface area contributed by atoms with Gasteiger partial charge in [-0.05, 0) is 51.0 Å². The number of carbonyl (C=O) groups excluding carboxylic acids is 1. The molecular formula is C24H25N5O2. The Hall–Kier alpha value is -3.50. The van der Waals surface area contributed by atoms with Gasteiger partial charge in [0.2, 0.25) is 0 Å². The van der Waals surface area contributed by atoms with Crippen molar-refractivity contribution in [3.8, 4) is 17.5 Å². The minimum atomic E-state index is -0.0830. The summed E-state index contributed by atoms with van der Waals surface area (Å²) in [5.74, 6) is 6.54. The normalized spacial score (nSPS) is 18.4. The van der Waals surface area contributed by atoms with Gasteiger partial charge in [0.1, 0.15) is 0 Å². The van der Waals surface area contributed by atoms with Gasteiger partial charge in [-0.2, -0.15) is 15.0 Å². The molecule has 0 spiro atoms. The summed E-state index contributed by atoms with van der Waals surface area (Å²) < 4.78 is 0. The number of hydrogen-bond donors (Lipinski definition) is 1. The molecular weight excluding hydrogens is 390 g/mol. The first-order valence-electron chi connectivity index (χ1n) is 10.4. The van der Waals surface area contributed by atoms with Crippen LogP contribution in [0.3, 0.4) is 0 Å². The van der Waals surface area contributed by atoms with Gasteiger partial charge in [-0.25, -0.2) is 0 Å². The molecule has 1 aromatic carbocycles. The van der Waals surface area contributed by atoms with Crippen molar-refractivity contribution in [3.63, 3.8) is 0 Å². The van der Waals surface area contributed by atoms with Crippen LogP contribution in [-0.2, 0) is 6.61 Å². The molecule has 3 aromatic rings. The summed E-state index contributed by atoms with van der Waals surface area (Å²) in [4.78, 5) is 21.1. The van der Waals surface area contributed by atoms with Gasteiger partial charge in [-0.3, -0.25) is 9.78 Å². The third kappa shape index (κ3) is 4.65. The van der Waals surface area contributed by atoms with Crippen LogP contribution in [0.4, 0.5) is 0 Å². The van der Waals surface area contributed by atoms with Crippen LogP contribution in [0.15, 0.2) is 48.9 Å². The fourth-order valence-electron chi connectivity index (χ4n) is 3.78. The highest BCUT2D eigenvalue weighted by atomic mass is 16.3. The molecule has 31 heavy (non-hydrogen) atoms. The Balaban J connectivity index is 1.56. The topological polar surface area (TPSA) is 84.1 Å². The number of amides is 1. The van der Waals surface area contributed by atoms with Crippen LogP contribution < -0.4 is 0 Å². The number of hydrogen-bond acceptors (Lipinski definition) is 5. The summed E-state index contributed by atoms with van der Waals surface area (Å²) in [5, 5.41) is 17.5. The van der Waals surface area contributed by atoms with Crippen LogP contribution in [0.25, 0.3) is 5.69 Å². The smallest absolute Gasteiger partial charge is 0.256 e. The number of aliphatic hydroxyl groups is 1. The van der Waals surface area contributed by atoms with E-state index in [0.717, 1.165) is 24.0 Å². The van der Waals surface area contributed by atoms with Gasteiger partial charge >= 0.3 is 0 Å². The Morgan fingerprint density at radius 2 is 2.00 bits per heavy atom. The number of aryl methyl sites for hydroxylation is 1. The van der Waals surface area contributed by atoms with Gasteiger partial charge in [-0.15, -0.1) is 0 Å². The molecule has 1 fully saturated rings. The van der Waals surface area contributed by atoms with Gasteiger partial charge < -0.3 is 10.0 Å². The molecule has 0 saturated carbocycles. The molecule has 1 amide bonds. The number of rotatable bonds is 3. The minimum Gasteiger partial charge on any atom is -0.390 e. The standard InChI is InChI=1S/C24H25N5O2/c1-17-3-10-23(29-26-11-12-27-29)22(13-17)24(31)28-15-20(5-4-18(28)2)7-6-19-8-9-21(16-30)25-14-19/h3,8-14,18,20,30H,4-5,15-16H2,1-2H3/t18-,20+/m1/s1. The van der Waals surface area contributed by atoms with Crippen molar-refractivity contribution < 1.29 is 9.90 Å². The van der Waals surface area contributed by atoms with Crippen molar-refractivity contribution in [2.45, 2.75) is 39.3 Å². The number of aliphatic hydroxyl groups excluding tert-OH is 1. The molecule has 0 bridgehead atoms. The van der Waals surface area contributed by atoms with E-state index in [9.17, 15) is 4.79 Å². The lowest BCUT2D eigenvalue weighted by atomic mass is 9.92. The van der Waals surface area contributed by atoms with Gasteiger partial charge in [0, 0.05) is 30.3 Å². The highest BCUT2D eigenvalue weighted by molar-refractivity contribution is 5.98. The zero-order chi connectivity index (χ0) is 21.8. The summed E-state index contributed by atoms with van der Waals surface area (Å²) in [7, 11) is 0. The van der Waals surface area contributed by atoms with Crippen molar-refractivity contribution in [1.29, 1.82) is 0 Å². The van der Waals surface area contributed by atoms with Crippen LogP contribution >= 0.6 is 0 Å². The van der Waals surface area contributed by atoms with Crippen molar-refractivity contribution >= 4 is 5.91 Å². The third-order valence-corrected chi connectivity index (χ3v) is 5.57. The Labute approximate surface area is 181 Å². The summed E-state index contributed by atoms with van der Waals surface area (Å²) in [5.41, 5.74) is 3.71. The van der Waals surface area contributed by atoms with Crippen molar-refractivity contribution in [2.24, 2.45) is 5.92 Å². The molecule has 4 rings (SSSR count). The van der Waals surface area contributed by atoms with E-state index in [-0.39, 0.29) is 24.5 Å². The molecule has 1 aliphatic heterocycles. The van der Waals surface area contributed by atoms with Gasteiger partial charge in [0.15, 0.2) is 0 Å². The average molecular weight is 415 g/mol. The lowest BCUT2D eigenvalue weighted by Gasteiger charge is -2.36.